The van der Waals surface area contributed by atoms with Crippen LogP contribution in [0.1, 0.15) is 26.9 Å². The number of carbonyl (C=O) groups excluding carboxylic acids is 2. The molecule has 0 saturated carbocycles. The summed E-state index contributed by atoms with van der Waals surface area (Å²) < 4.78 is 7.36. The molecule has 9 nitrogen and oxygen atoms in total. The van der Waals surface area contributed by atoms with Crippen LogP contribution in [0.2, 0.25) is 5.02 Å². The lowest BCUT2D eigenvalue weighted by molar-refractivity contribution is 0.0898. The standard InChI is InChI=1S/C16H14BrClN6O3/c17-10-7-21-24(8-10)9-13-22-16(27-23-13)15(26)20-6-5-19-14(25)11-3-1-2-4-12(11)18/h1-4,7-8H,5-6,9H2,(H,19,25)(H,20,26). The van der Waals surface area contributed by atoms with E-state index < -0.39 is 5.91 Å². The first kappa shape index (κ1) is 19.1. The van der Waals surface area contributed by atoms with Gasteiger partial charge in [0.05, 0.1) is 21.3 Å². The summed E-state index contributed by atoms with van der Waals surface area (Å²) in [5, 5.41) is 13.4. The lowest BCUT2D eigenvalue weighted by Crippen LogP contribution is -2.34. The van der Waals surface area contributed by atoms with Crippen LogP contribution in [0.5, 0.6) is 0 Å². The molecule has 0 bridgehead atoms. The van der Waals surface area contributed by atoms with Gasteiger partial charge in [0.1, 0.15) is 6.54 Å². The summed E-state index contributed by atoms with van der Waals surface area (Å²) in [6.07, 6.45) is 3.38. The van der Waals surface area contributed by atoms with Crippen molar-refractivity contribution >= 4 is 39.3 Å². The molecule has 0 atom stereocenters. The highest BCUT2D eigenvalue weighted by atomic mass is 79.9. The zero-order valence-electron chi connectivity index (χ0n) is 13.9. The molecule has 2 amide bonds. The summed E-state index contributed by atoms with van der Waals surface area (Å²) in [6, 6.07) is 6.71. The third kappa shape index (κ3) is 5.14. The molecule has 0 fully saturated rings. The Hall–Kier alpha value is -2.72. The highest BCUT2D eigenvalue weighted by Gasteiger charge is 2.15. The number of rotatable bonds is 7. The van der Waals surface area contributed by atoms with Gasteiger partial charge in [0, 0.05) is 19.3 Å². The first-order valence-corrected chi connectivity index (χ1v) is 9.01. The van der Waals surface area contributed by atoms with Gasteiger partial charge in [-0.05, 0) is 28.1 Å². The highest BCUT2D eigenvalue weighted by Crippen LogP contribution is 2.14. The Kier molecular flexibility index (Phi) is 6.20. The molecule has 11 heteroatoms. The Morgan fingerprint density at radius 2 is 1.93 bits per heavy atom. The third-order valence-corrected chi connectivity index (χ3v) is 4.12. The van der Waals surface area contributed by atoms with Crippen LogP contribution in [0.25, 0.3) is 0 Å². The van der Waals surface area contributed by atoms with Gasteiger partial charge in [0.15, 0.2) is 5.82 Å². The highest BCUT2D eigenvalue weighted by molar-refractivity contribution is 9.10. The fourth-order valence-electron chi connectivity index (χ4n) is 2.15. The predicted molar refractivity (Wildman–Crippen MR) is 99.4 cm³/mol. The average molecular weight is 454 g/mol. The van der Waals surface area contributed by atoms with Gasteiger partial charge in [0.25, 0.3) is 5.91 Å². The number of halogens is 2. The van der Waals surface area contributed by atoms with E-state index in [9.17, 15) is 9.59 Å². The maximum Gasteiger partial charge on any atom is 0.316 e. The van der Waals surface area contributed by atoms with Crippen LogP contribution in [-0.2, 0) is 6.54 Å². The largest absolute Gasteiger partial charge is 0.350 e. The number of carbonyl (C=O) groups is 2. The average Bonchev–Trinajstić information content (AvgIpc) is 3.28. The fourth-order valence-corrected chi connectivity index (χ4v) is 2.70. The van der Waals surface area contributed by atoms with Gasteiger partial charge in [0.2, 0.25) is 0 Å². The molecule has 0 unspecified atom stereocenters. The molecular weight excluding hydrogens is 440 g/mol. The SMILES string of the molecule is O=C(NCCNC(=O)c1ccccc1Cl)c1nc(Cn2cc(Br)cn2)no1. The number of benzene rings is 1. The van der Waals surface area contributed by atoms with Crippen molar-refractivity contribution in [1.29, 1.82) is 0 Å². The summed E-state index contributed by atoms with van der Waals surface area (Å²) in [5.74, 6) is -0.681. The van der Waals surface area contributed by atoms with Crippen LogP contribution >= 0.6 is 27.5 Å². The number of nitrogens with zero attached hydrogens (tertiary/aromatic N) is 4. The number of aromatic nitrogens is 4. The number of hydrogen-bond donors (Lipinski definition) is 2. The van der Waals surface area contributed by atoms with Crippen molar-refractivity contribution in [3.05, 3.63) is 63.4 Å². The molecule has 2 N–H and O–H groups in total. The van der Waals surface area contributed by atoms with Crippen LogP contribution < -0.4 is 10.6 Å². The molecule has 0 aliphatic carbocycles. The van der Waals surface area contributed by atoms with Crippen LogP contribution in [0.15, 0.2) is 45.7 Å². The van der Waals surface area contributed by atoms with Crippen molar-refractivity contribution in [1.82, 2.24) is 30.6 Å². The number of amides is 2. The van der Waals surface area contributed by atoms with E-state index in [0.717, 1.165) is 4.47 Å². The van der Waals surface area contributed by atoms with Gasteiger partial charge < -0.3 is 15.2 Å². The van der Waals surface area contributed by atoms with Crippen molar-refractivity contribution in [2.45, 2.75) is 6.54 Å². The second kappa shape index (κ2) is 8.78. The number of hydrogen-bond acceptors (Lipinski definition) is 6. The molecule has 1 aromatic carbocycles. The lowest BCUT2D eigenvalue weighted by atomic mass is 10.2. The third-order valence-electron chi connectivity index (χ3n) is 3.38. The van der Waals surface area contributed by atoms with Crippen molar-refractivity contribution < 1.29 is 14.1 Å². The normalized spacial score (nSPS) is 10.6. The van der Waals surface area contributed by atoms with Gasteiger partial charge in [-0.1, -0.05) is 28.9 Å². The molecule has 0 spiro atoms. The van der Waals surface area contributed by atoms with E-state index in [2.05, 4.69) is 41.8 Å². The zero-order chi connectivity index (χ0) is 19.2. The van der Waals surface area contributed by atoms with Crippen LogP contribution in [0, 0.1) is 0 Å². The summed E-state index contributed by atoms with van der Waals surface area (Å²) >= 11 is 9.25. The van der Waals surface area contributed by atoms with E-state index in [-0.39, 0.29) is 31.4 Å². The summed E-state index contributed by atoms with van der Waals surface area (Å²) in [6.45, 7) is 0.688. The van der Waals surface area contributed by atoms with E-state index in [4.69, 9.17) is 16.1 Å². The van der Waals surface area contributed by atoms with Crippen molar-refractivity contribution in [3.8, 4) is 0 Å². The topological polar surface area (TPSA) is 115 Å². The zero-order valence-corrected chi connectivity index (χ0v) is 16.2. The maximum atomic E-state index is 12.0. The summed E-state index contributed by atoms with van der Waals surface area (Å²) in [7, 11) is 0. The van der Waals surface area contributed by atoms with Crippen LogP contribution in [-0.4, -0.2) is 44.8 Å². The van der Waals surface area contributed by atoms with Crippen molar-refractivity contribution in [2.75, 3.05) is 13.1 Å². The second-order valence-electron chi connectivity index (χ2n) is 5.36. The van der Waals surface area contributed by atoms with E-state index >= 15 is 0 Å². The maximum absolute atomic E-state index is 12.0. The molecule has 0 radical (unpaired) electrons. The molecule has 27 heavy (non-hydrogen) atoms. The Balaban J connectivity index is 1.44. The van der Waals surface area contributed by atoms with E-state index in [0.29, 0.717) is 16.4 Å². The van der Waals surface area contributed by atoms with Gasteiger partial charge in [-0.25, -0.2) is 0 Å². The first-order valence-electron chi connectivity index (χ1n) is 7.84. The van der Waals surface area contributed by atoms with Gasteiger partial charge >= 0.3 is 11.8 Å². The predicted octanol–water partition coefficient (Wildman–Crippen LogP) is 1.89. The first-order chi connectivity index (χ1) is 13.0. The van der Waals surface area contributed by atoms with E-state index in [1.54, 1.807) is 41.3 Å². The molecule has 140 valence electrons. The Morgan fingerprint density at radius 3 is 2.63 bits per heavy atom. The fraction of sp³-hybridized carbons (Fsp3) is 0.188. The Morgan fingerprint density at radius 1 is 1.19 bits per heavy atom. The number of nitrogens with one attached hydrogen (secondary N) is 2. The molecule has 0 saturated heterocycles. The molecule has 2 heterocycles. The van der Waals surface area contributed by atoms with Crippen LogP contribution in [0.3, 0.4) is 0 Å². The van der Waals surface area contributed by atoms with E-state index in [1.807, 2.05) is 0 Å². The molecule has 0 aliphatic rings. The Labute approximate surface area is 167 Å². The molecule has 2 aromatic heterocycles. The monoisotopic (exact) mass is 452 g/mol. The Bertz CT molecular complexity index is 957. The smallest absolute Gasteiger partial charge is 0.316 e. The van der Waals surface area contributed by atoms with Gasteiger partial charge in [-0.3, -0.25) is 14.3 Å². The minimum absolute atomic E-state index is 0.159. The molecule has 3 aromatic rings. The summed E-state index contributed by atoms with van der Waals surface area (Å²) in [4.78, 5) is 28.0. The molecular formula is C16H14BrClN6O3. The second-order valence-corrected chi connectivity index (χ2v) is 6.69. The van der Waals surface area contributed by atoms with Crippen molar-refractivity contribution in [2.24, 2.45) is 0 Å². The van der Waals surface area contributed by atoms with E-state index in [1.165, 1.54) is 0 Å². The molecule has 0 aliphatic heterocycles. The van der Waals surface area contributed by atoms with Gasteiger partial charge in [-0.15, -0.1) is 0 Å². The minimum Gasteiger partial charge on any atom is -0.350 e. The lowest BCUT2D eigenvalue weighted by Gasteiger charge is -2.06. The molecule has 3 rings (SSSR count). The minimum atomic E-state index is -0.526. The summed E-state index contributed by atoms with van der Waals surface area (Å²) in [5.41, 5.74) is 0.372. The quantitative estimate of drug-likeness (QED) is 0.528. The van der Waals surface area contributed by atoms with Gasteiger partial charge in [-0.2, -0.15) is 10.1 Å². The van der Waals surface area contributed by atoms with Crippen molar-refractivity contribution in [3.63, 3.8) is 0 Å². The van der Waals surface area contributed by atoms with Crippen LogP contribution in [0.4, 0.5) is 0 Å².